The zero-order valence-electron chi connectivity index (χ0n) is 74.8. The Kier molecular flexibility index (Phi) is 38.3. The van der Waals surface area contributed by atoms with Gasteiger partial charge in [-0.25, -0.2) is 28.8 Å². The van der Waals surface area contributed by atoms with Crippen molar-refractivity contribution in [2.24, 2.45) is 11.8 Å². The Morgan fingerprint density at radius 1 is 0.455 bits per heavy atom. The van der Waals surface area contributed by atoms with Gasteiger partial charge in [0.2, 0.25) is 0 Å². The fourth-order valence-corrected chi connectivity index (χ4v) is 15.8. The molecule has 19 atom stereocenters. The zero-order chi connectivity index (χ0) is 98.2. The standard InChI is InChI=1S/C95H107F15O22/c1-16-36-72(129-82(114)88(123-13,93(102,103)104)65-42-26-19-27-43-65)78(120-10)79-85(6,132-79)74(130-83(115)89(124-14,94(105,106)107)66-44-28-20-29-45-66)51-35-50-73-77(119-9)76(131-84(116)90(125-15,95(108,109)110)67-46-30-21-31-47-67)62(5)58-61(4)54-56-71(128-81(113)87(122-12,92(99,100)101)64-40-24-18-25-41-64)69(118-8)49-34-37-59(2)57-60(3)53-55-70(68(117-7)48-32-33-52-75(111)126-73)127-80(112)86(121-11,91(96,97)98)63-38-22-17-23-39-63/h17-33,35,38-48,50,52-59,62,68-74,76-79H,16,34,36-37,49,51H2,1-15H3/b48-32+,50-35+,52-33+,55-53+,56-54+,60-57+,61-58+/t59?,62-,68-,69-,70-,71-,72+,73+,74+,76+,77+,78-,79-,85-,86-,87-,88-,89-,90-/m1/s1. The van der Waals surface area contributed by atoms with Crippen LogP contribution in [0.5, 0.6) is 0 Å². The maximum absolute atomic E-state index is 16.2. The number of rotatable bonds is 32. The lowest BCUT2D eigenvalue weighted by Gasteiger charge is -2.37. The molecule has 0 amide bonds. The minimum atomic E-state index is -5.74. The Morgan fingerprint density at radius 3 is 1.22 bits per heavy atom. The molecule has 0 aromatic heterocycles. The van der Waals surface area contributed by atoms with Crippen LogP contribution in [0.25, 0.3) is 0 Å². The average molecular weight is 1890 g/mol. The van der Waals surface area contributed by atoms with E-state index in [4.69, 9.17) is 75.8 Å². The SMILES string of the molecule is CCC[C@H](OC(=O)[C@](OC)(c1ccccc1)C(F)(F)F)[C@@H](OC)[C@H]1O[C@]1(C)[C@H](C/C=C/[C@@H]1OC(=O)/C=C/C=C/[C@@H](OC)[C@H](OC(=O)[C@](OC)(c2ccccc2)C(F)(F)F)/C=C/C(C)=C/C(C)CCC[C@@H](OC)[C@H](OC(=O)[C@](OC)(c2ccccc2)C(F)(F)F)/C=C/C(C)=C/[C@@H](C)[C@H](OC(=O)[C@](OC)(c2ccccc2)C(F)(F)F)[C@H]1OC)OC(=O)[C@](OC)(c1ccccc1)C(F)(F)F. The van der Waals surface area contributed by atoms with E-state index >= 15 is 75.4 Å². The third kappa shape index (κ3) is 24.0. The number of carbonyl (C=O) groups excluding carboxylic acids is 6. The predicted octanol–water partition coefficient (Wildman–Crippen LogP) is 18.5. The fraction of sp³-hybridized carbons (Fsp3) is 0.474. The number of allylic oxidation sites excluding steroid dienone is 7. The molecule has 0 saturated carbocycles. The molecule has 0 radical (unpaired) electrons. The maximum atomic E-state index is 16.2. The topological polar surface area (TPSA) is 253 Å². The lowest BCUT2D eigenvalue weighted by atomic mass is 9.89. The highest BCUT2D eigenvalue weighted by molar-refractivity contribution is 5.86. The highest BCUT2D eigenvalue weighted by Gasteiger charge is 2.72. The summed E-state index contributed by atoms with van der Waals surface area (Å²) in [6, 6.07) is 27.6. The van der Waals surface area contributed by atoms with Crippen LogP contribution in [0.15, 0.2) is 236 Å². The van der Waals surface area contributed by atoms with Crippen molar-refractivity contribution in [3.63, 3.8) is 0 Å². The third-order valence-corrected chi connectivity index (χ3v) is 22.7. The van der Waals surface area contributed by atoms with E-state index in [1.165, 1.54) is 112 Å². The Labute approximate surface area is 754 Å². The molecule has 0 bridgehead atoms. The van der Waals surface area contributed by atoms with Crippen molar-refractivity contribution in [3.05, 3.63) is 264 Å². The molecular weight excluding hydrogens is 1780 g/mol. The lowest BCUT2D eigenvalue weighted by Crippen LogP contribution is -2.55. The third-order valence-electron chi connectivity index (χ3n) is 22.7. The maximum Gasteiger partial charge on any atom is 0.432 e. The first-order valence-electron chi connectivity index (χ1n) is 41.3. The van der Waals surface area contributed by atoms with Gasteiger partial charge in [0.25, 0.3) is 28.0 Å². The molecule has 2 heterocycles. The summed E-state index contributed by atoms with van der Waals surface area (Å²) in [6.07, 6.45) is -36.4. The largest absolute Gasteiger partial charge is 0.457 e. The summed E-state index contributed by atoms with van der Waals surface area (Å²) < 4.78 is 327. The molecule has 37 heteroatoms. The number of alkyl halides is 15. The van der Waals surface area contributed by atoms with E-state index in [1.54, 1.807) is 19.9 Å². The Morgan fingerprint density at radius 2 is 0.841 bits per heavy atom. The molecule has 5 aromatic carbocycles. The number of ether oxygens (including phenoxy) is 16. The van der Waals surface area contributed by atoms with Crippen LogP contribution in [0.3, 0.4) is 0 Å². The van der Waals surface area contributed by atoms with Crippen LogP contribution < -0.4 is 0 Å². The van der Waals surface area contributed by atoms with Gasteiger partial charge in [-0.05, 0) is 64.2 Å². The summed E-state index contributed by atoms with van der Waals surface area (Å²) in [7, 11) is 7.00. The highest BCUT2D eigenvalue weighted by Crippen LogP contribution is 2.53. The Bertz CT molecular complexity index is 4800. The van der Waals surface area contributed by atoms with Gasteiger partial charge in [0.1, 0.15) is 66.6 Å². The summed E-state index contributed by atoms with van der Waals surface area (Å²) in [5.41, 5.74) is -25.2. The van der Waals surface area contributed by atoms with Crippen LogP contribution in [0.2, 0.25) is 0 Å². The molecular formula is C95H107F15O22. The smallest absolute Gasteiger partial charge is 0.432 e. The molecule has 132 heavy (non-hydrogen) atoms. The van der Waals surface area contributed by atoms with Crippen LogP contribution in [-0.4, -0.2) is 203 Å². The zero-order valence-corrected chi connectivity index (χ0v) is 74.8. The summed E-state index contributed by atoms with van der Waals surface area (Å²) >= 11 is 0. The van der Waals surface area contributed by atoms with Crippen molar-refractivity contribution in [2.75, 3.05) is 64.0 Å². The lowest BCUT2D eigenvalue weighted by molar-refractivity contribution is -0.281. The number of methoxy groups -OCH3 is 9. The molecule has 0 spiro atoms. The first-order chi connectivity index (χ1) is 62.2. The molecule has 7 rings (SSSR count). The first kappa shape index (κ1) is 109. The molecule has 1 fully saturated rings. The number of benzene rings is 5. The van der Waals surface area contributed by atoms with Gasteiger partial charge < -0.3 is 75.8 Å². The summed E-state index contributed by atoms with van der Waals surface area (Å²) in [4.78, 5) is 88.7. The molecule has 5 aromatic rings. The van der Waals surface area contributed by atoms with Crippen molar-refractivity contribution in [1.82, 2.24) is 0 Å². The number of carbonyl (C=O) groups is 6. The van der Waals surface area contributed by atoms with Crippen molar-refractivity contribution in [1.29, 1.82) is 0 Å². The molecule has 1 unspecified atom stereocenters. The van der Waals surface area contributed by atoms with Gasteiger partial charge in [-0.3, -0.25) is 0 Å². The number of hydrogen-bond acceptors (Lipinski definition) is 22. The van der Waals surface area contributed by atoms with Gasteiger partial charge in [-0.2, -0.15) is 65.9 Å². The van der Waals surface area contributed by atoms with Gasteiger partial charge >= 0.3 is 66.7 Å². The second-order valence-electron chi connectivity index (χ2n) is 31.2. The fourth-order valence-electron chi connectivity index (χ4n) is 15.8. The van der Waals surface area contributed by atoms with Gasteiger partial charge in [-0.15, -0.1) is 0 Å². The molecule has 724 valence electrons. The number of hydrogen-bond donors (Lipinski definition) is 0. The van der Waals surface area contributed by atoms with Gasteiger partial charge in [0.05, 0.1) is 6.10 Å². The summed E-state index contributed by atoms with van der Waals surface area (Å²) in [6.45, 7) is 8.59. The van der Waals surface area contributed by atoms with Crippen molar-refractivity contribution >= 4 is 35.8 Å². The van der Waals surface area contributed by atoms with Crippen LogP contribution >= 0.6 is 0 Å². The molecule has 2 aliphatic heterocycles. The van der Waals surface area contributed by atoms with Crippen molar-refractivity contribution in [2.45, 2.75) is 212 Å². The van der Waals surface area contributed by atoms with Gasteiger partial charge in [-0.1, -0.05) is 245 Å². The van der Waals surface area contributed by atoms with E-state index in [2.05, 4.69) is 0 Å². The molecule has 0 aliphatic carbocycles. The molecule has 22 nitrogen and oxygen atoms in total. The van der Waals surface area contributed by atoms with Crippen LogP contribution in [0.4, 0.5) is 65.9 Å². The van der Waals surface area contributed by atoms with Crippen LogP contribution in [-0.2, 0) is 133 Å². The first-order valence-corrected chi connectivity index (χ1v) is 41.3. The Hall–Kier alpha value is -10.4. The van der Waals surface area contributed by atoms with E-state index in [-0.39, 0.29) is 37.7 Å². The second kappa shape index (κ2) is 46.5. The van der Waals surface area contributed by atoms with Gasteiger partial charge in [0.15, 0.2) is 0 Å². The second-order valence-corrected chi connectivity index (χ2v) is 31.2. The number of esters is 6. The normalized spacial score (nSPS) is 26.2. The Balaban J connectivity index is 1.51. The van der Waals surface area contributed by atoms with Gasteiger partial charge in [0, 0.05) is 110 Å². The van der Waals surface area contributed by atoms with E-state index < -0.39 is 214 Å². The van der Waals surface area contributed by atoms with Crippen LogP contribution in [0, 0.1) is 11.8 Å². The molecule has 0 N–H and O–H groups in total. The highest BCUT2D eigenvalue weighted by atomic mass is 19.4. The quantitative estimate of drug-likeness (QED) is 0.0127. The molecule has 2 aliphatic rings. The van der Waals surface area contributed by atoms with Crippen LogP contribution in [0.1, 0.15) is 108 Å². The minimum absolute atomic E-state index is 0.00944. The van der Waals surface area contributed by atoms with E-state index in [1.807, 2.05) is 0 Å². The van der Waals surface area contributed by atoms with Crippen molar-refractivity contribution in [3.8, 4) is 0 Å². The number of halogens is 15. The summed E-state index contributed by atoms with van der Waals surface area (Å²) in [5.74, 6) is -13.9. The summed E-state index contributed by atoms with van der Waals surface area (Å²) in [5, 5.41) is 0. The number of epoxide rings is 1. The minimum Gasteiger partial charge on any atom is -0.457 e. The van der Waals surface area contributed by atoms with E-state index in [0.717, 1.165) is 157 Å². The number of cyclic esters (lactones) is 1. The predicted molar refractivity (Wildman–Crippen MR) is 447 cm³/mol. The monoisotopic (exact) mass is 1880 g/mol. The van der Waals surface area contributed by atoms with E-state index in [0.29, 0.717) is 47.2 Å². The molecule has 1 saturated heterocycles. The van der Waals surface area contributed by atoms with Crippen molar-refractivity contribution < 1.29 is 170 Å². The average Bonchev–Trinajstić information content (AvgIpc) is 1.55. The van der Waals surface area contributed by atoms with E-state index in [9.17, 15) is 19.2 Å².